The number of nitrogens with zero attached hydrogens (tertiary/aromatic N) is 2. The Morgan fingerprint density at radius 1 is 1.19 bits per heavy atom. The summed E-state index contributed by atoms with van der Waals surface area (Å²) in [4.78, 5) is 4.29. The highest BCUT2D eigenvalue weighted by Crippen LogP contribution is 2.37. The van der Waals surface area contributed by atoms with Crippen LogP contribution < -0.4 is 4.74 Å². The molecule has 9 heteroatoms. The summed E-state index contributed by atoms with van der Waals surface area (Å²) < 4.78 is 39.6. The fraction of sp³-hybridized carbons (Fsp3) is 0.611. The summed E-state index contributed by atoms with van der Waals surface area (Å²) in [5.74, 6) is 0.108. The molecular formula is C18H20BrFN2O5. The molecule has 0 bridgehead atoms. The van der Waals surface area contributed by atoms with E-state index in [0.29, 0.717) is 30.1 Å². The largest absolute Gasteiger partial charge is 0.470 e. The summed E-state index contributed by atoms with van der Waals surface area (Å²) in [6.07, 6.45) is 0.939. The number of fused-ring (bicyclic) bond motifs is 2. The van der Waals surface area contributed by atoms with Crippen LogP contribution in [-0.4, -0.2) is 58.9 Å². The van der Waals surface area contributed by atoms with E-state index in [-0.39, 0.29) is 35.7 Å². The maximum atomic E-state index is 14.2. The molecule has 3 unspecified atom stereocenters. The third kappa shape index (κ3) is 3.05. The Morgan fingerprint density at radius 3 is 2.85 bits per heavy atom. The van der Waals surface area contributed by atoms with Crippen molar-refractivity contribution in [1.29, 1.82) is 0 Å². The Hall–Kier alpha value is -1.26. The first-order chi connectivity index (χ1) is 13.1. The van der Waals surface area contributed by atoms with Gasteiger partial charge in [0, 0.05) is 18.7 Å². The highest BCUT2D eigenvalue weighted by Gasteiger charge is 2.48. The van der Waals surface area contributed by atoms with Crippen LogP contribution in [0.2, 0.25) is 0 Å². The predicted molar refractivity (Wildman–Crippen MR) is 96.1 cm³/mol. The van der Waals surface area contributed by atoms with Crippen LogP contribution in [0.25, 0.3) is 11.0 Å². The standard InChI is InChI=1S/C18H20BrFN2O5/c19-18-9(20)5-11-10(21-18)6-15(22(11)14-3-1-2-4-24-14)27-13-8-26-16-12(23)7-25-17(13)16/h5-6,12-14,16-17,23H,1-4,7-8H2/t12-,13-,14?,16?,17?/m1/s1. The van der Waals surface area contributed by atoms with Gasteiger partial charge in [0.15, 0.2) is 17.8 Å². The minimum Gasteiger partial charge on any atom is -0.470 e. The zero-order valence-corrected chi connectivity index (χ0v) is 16.1. The van der Waals surface area contributed by atoms with E-state index in [1.165, 1.54) is 6.07 Å². The van der Waals surface area contributed by atoms with Gasteiger partial charge in [-0.15, -0.1) is 0 Å². The lowest BCUT2D eigenvalue weighted by atomic mass is 10.1. The molecule has 3 fully saturated rings. The van der Waals surface area contributed by atoms with E-state index >= 15 is 0 Å². The van der Waals surface area contributed by atoms with Gasteiger partial charge >= 0.3 is 0 Å². The number of ether oxygens (including phenoxy) is 4. The summed E-state index contributed by atoms with van der Waals surface area (Å²) in [7, 11) is 0. The van der Waals surface area contributed by atoms with Crippen molar-refractivity contribution in [2.75, 3.05) is 19.8 Å². The topological polar surface area (TPSA) is 75.0 Å². The highest BCUT2D eigenvalue weighted by molar-refractivity contribution is 9.10. The molecule has 27 heavy (non-hydrogen) atoms. The first kappa shape index (κ1) is 17.8. The third-order valence-corrected chi connectivity index (χ3v) is 5.95. The first-order valence-electron chi connectivity index (χ1n) is 9.18. The van der Waals surface area contributed by atoms with E-state index in [9.17, 15) is 9.50 Å². The van der Waals surface area contributed by atoms with Crippen LogP contribution in [0.5, 0.6) is 5.88 Å². The van der Waals surface area contributed by atoms with Crippen LogP contribution >= 0.6 is 15.9 Å². The number of aliphatic hydroxyl groups is 1. The Bertz CT molecular complexity index is 856. The molecule has 0 radical (unpaired) electrons. The van der Waals surface area contributed by atoms with E-state index in [2.05, 4.69) is 20.9 Å². The fourth-order valence-electron chi connectivity index (χ4n) is 4.09. The molecule has 1 N–H and O–H groups in total. The van der Waals surface area contributed by atoms with Gasteiger partial charge in [0.2, 0.25) is 0 Å². The normalized spacial score (nSPS) is 33.5. The van der Waals surface area contributed by atoms with Crippen LogP contribution in [0, 0.1) is 5.82 Å². The lowest BCUT2D eigenvalue weighted by molar-refractivity contribution is -0.0392. The molecular weight excluding hydrogens is 423 g/mol. The van der Waals surface area contributed by atoms with Crippen molar-refractivity contribution in [2.24, 2.45) is 0 Å². The zero-order valence-electron chi connectivity index (χ0n) is 14.5. The summed E-state index contributed by atoms with van der Waals surface area (Å²) >= 11 is 3.14. The number of hydrogen-bond donors (Lipinski definition) is 1. The summed E-state index contributed by atoms with van der Waals surface area (Å²) in [5.41, 5.74) is 1.25. The van der Waals surface area contributed by atoms with Crippen molar-refractivity contribution in [1.82, 2.24) is 9.55 Å². The molecule has 0 amide bonds. The molecule has 3 aliphatic rings. The van der Waals surface area contributed by atoms with E-state index in [1.807, 2.05) is 4.57 Å². The van der Waals surface area contributed by atoms with Crippen LogP contribution in [0.3, 0.4) is 0 Å². The van der Waals surface area contributed by atoms with Crippen LogP contribution in [0.1, 0.15) is 25.5 Å². The SMILES string of the molecule is O[C@@H]1COC2C1OC[C@H]2Oc1cc2nc(Br)c(F)cc2n1C1CCCCO1. The van der Waals surface area contributed by atoms with Crippen molar-refractivity contribution in [3.63, 3.8) is 0 Å². The minimum absolute atomic E-state index is 0.162. The van der Waals surface area contributed by atoms with Gasteiger partial charge < -0.3 is 24.1 Å². The molecule has 2 aromatic rings. The average Bonchev–Trinajstić information content (AvgIpc) is 3.33. The van der Waals surface area contributed by atoms with Crippen molar-refractivity contribution >= 4 is 27.0 Å². The van der Waals surface area contributed by atoms with Crippen molar-refractivity contribution in [3.8, 4) is 5.88 Å². The van der Waals surface area contributed by atoms with Crippen molar-refractivity contribution in [2.45, 2.75) is 49.9 Å². The molecule has 5 heterocycles. The molecule has 0 spiro atoms. The molecule has 0 saturated carbocycles. The minimum atomic E-state index is -0.636. The fourth-order valence-corrected chi connectivity index (χ4v) is 4.40. The van der Waals surface area contributed by atoms with Gasteiger partial charge in [0.05, 0.1) is 24.2 Å². The quantitative estimate of drug-likeness (QED) is 0.736. The lowest BCUT2D eigenvalue weighted by Crippen LogP contribution is -2.35. The summed E-state index contributed by atoms with van der Waals surface area (Å²) in [5, 5.41) is 9.93. The molecule has 3 aliphatic heterocycles. The van der Waals surface area contributed by atoms with Crippen molar-refractivity contribution in [3.05, 3.63) is 22.6 Å². The second-order valence-electron chi connectivity index (χ2n) is 7.16. The Morgan fingerprint density at radius 2 is 2.04 bits per heavy atom. The number of halogens is 2. The first-order valence-corrected chi connectivity index (χ1v) is 9.97. The maximum absolute atomic E-state index is 14.2. The van der Waals surface area contributed by atoms with E-state index in [0.717, 1.165) is 19.3 Å². The van der Waals surface area contributed by atoms with Gasteiger partial charge in [-0.25, -0.2) is 9.37 Å². The summed E-state index contributed by atoms with van der Waals surface area (Å²) in [6, 6.07) is 3.23. The Kier molecular flexibility index (Phi) is 4.60. The van der Waals surface area contributed by atoms with Crippen LogP contribution in [-0.2, 0) is 14.2 Å². The predicted octanol–water partition coefficient (Wildman–Crippen LogP) is 2.54. The molecule has 5 rings (SSSR count). The van der Waals surface area contributed by atoms with Gasteiger partial charge in [-0.1, -0.05) is 0 Å². The van der Waals surface area contributed by atoms with Crippen molar-refractivity contribution < 1.29 is 28.4 Å². The Labute approximate surface area is 163 Å². The number of rotatable bonds is 3. The van der Waals surface area contributed by atoms with E-state index < -0.39 is 11.9 Å². The number of aromatic nitrogens is 2. The molecule has 5 atom stereocenters. The molecule has 2 aromatic heterocycles. The van der Waals surface area contributed by atoms with E-state index in [1.54, 1.807) is 6.07 Å². The third-order valence-electron chi connectivity index (χ3n) is 5.40. The Balaban J connectivity index is 1.52. The maximum Gasteiger partial charge on any atom is 0.198 e. The van der Waals surface area contributed by atoms with Gasteiger partial charge in [0.25, 0.3) is 0 Å². The van der Waals surface area contributed by atoms with Gasteiger partial charge in [-0.05, 0) is 35.2 Å². The molecule has 7 nitrogen and oxygen atoms in total. The molecule has 146 valence electrons. The number of aliphatic hydroxyl groups excluding tert-OH is 1. The van der Waals surface area contributed by atoms with Crippen LogP contribution in [0.4, 0.5) is 4.39 Å². The highest BCUT2D eigenvalue weighted by atomic mass is 79.9. The molecule has 3 saturated heterocycles. The second kappa shape index (κ2) is 6.97. The number of pyridine rings is 1. The van der Waals surface area contributed by atoms with Gasteiger partial charge in [0.1, 0.15) is 29.1 Å². The van der Waals surface area contributed by atoms with Gasteiger partial charge in [-0.3, -0.25) is 4.57 Å². The second-order valence-corrected chi connectivity index (χ2v) is 7.91. The monoisotopic (exact) mass is 442 g/mol. The average molecular weight is 443 g/mol. The summed E-state index contributed by atoms with van der Waals surface area (Å²) in [6.45, 7) is 1.22. The number of hydrogen-bond acceptors (Lipinski definition) is 6. The molecule has 0 aromatic carbocycles. The smallest absolute Gasteiger partial charge is 0.198 e. The molecule has 0 aliphatic carbocycles. The van der Waals surface area contributed by atoms with Gasteiger partial charge in [-0.2, -0.15) is 0 Å². The van der Waals surface area contributed by atoms with Crippen LogP contribution in [0.15, 0.2) is 16.7 Å². The van der Waals surface area contributed by atoms with E-state index in [4.69, 9.17) is 18.9 Å². The lowest BCUT2D eigenvalue weighted by Gasteiger charge is -2.27. The zero-order chi connectivity index (χ0) is 18.5.